The molecule has 2 aromatic heterocycles. The highest BCUT2D eigenvalue weighted by atomic mass is 19.1. The van der Waals surface area contributed by atoms with Gasteiger partial charge in [0.05, 0.1) is 29.5 Å². The van der Waals surface area contributed by atoms with Crippen LogP contribution < -0.4 is 9.64 Å². The van der Waals surface area contributed by atoms with Gasteiger partial charge in [-0.15, -0.1) is 0 Å². The molecule has 36 heavy (non-hydrogen) atoms. The summed E-state index contributed by atoms with van der Waals surface area (Å²) in [4.78, 5) is 7.49. The number of aryl methyl sites for hydroxylation is 1. The Labute approximate surface area is 209 Å². The lowest BCUT2D eigenvalue weighted by atomic mass is 10.1. The van der Waals surface area contributed by atoms with E-state index < -0.39 is 0 Å². The summed E-state index contributed by atoms with van der Waals surface area (Å²) in [7, 11) is 1.69. The van der Waals surface area contributed by atoms with Gasteiger partial charge >= 0.3 is 0 Å². The summed E-state index contributed by atoms with van der Waals surface area (Å²) in [5.41, 5.74) is 7.32. The van der Waals surface area contributed by atoms with Crippen molar-refractivity contribution >= 4 is 27.6 Å². The Bertz CT molecular complexity index is 1570. The van der Waals surface area contributed by atoms with Crippen molar-refractivity contribution < 1.29 is 14.2 Å². The van der Waals surface area contributed by atoms with Crippen LogP contribution in [-0.4, -0.2) is 46.0 Å². The third kappa shape index (κ3) is 3.71. The molecule has 0 saturated heterocycles. The molecule has 1 aliphatic rings. The maximum absolute atomic E-state index is 13.6. The van der Waals surface area contributed by atoms with Crippen molar-refractivity contribution in [1.82, 2.24) is 14.1 Å². The topological polar surface area (TPSA) is 55.4 Å². The molecule has 6 nitrogen and oxygen atoms in total. The fourth-order valence-electron chi connectivity index (χ4n) is 5.45. The van der Waals surface area contributed by atoms with Crippen LogP contribution in [0.25, 0.3) is 33.5 Å². The molecule has 184 valence electrons. The quantitative estimate of drug-likeness (QED) is 0.338. The molecule has 0 amide bonds. The lowest BCUT2D eigenvalue weighted by Crippen LogP contribution is -2.33. The lowest BCUT2D eigenvalue weighted by molar-refractivity contribution is 0.289. The minimum atomic E-state index is -0.247. The molecule has 3 heterocycles. The van der Waals surface area contributed by atoms with Crippen molar-refractivity contribution in [3.8, 4) is 17.3 Å². The Hall–Kier alpha value is -3.84. The summed E-state index contributed by atoms with van der Waals surface area (Å²) >= 11 is 0. The van der Waals surface area contributed by atoms with Crippen molar-refractivity contribution in [2.24, 2.45) is 0 Å². The first-order valence-electron chi connectivity index (χ1n) is 12.3. The van der Waals surface area contributed by atoms with Gasteiger partial charge in [0.15, 0.2) is 5.82 Å². The summed E-state index contributed by atoms with van der Waals surface area (Å²) in [5, 5.41) is 10.5. The number of halogens is 1. The molecule has 0 fully saturated rings. The highest BCUT2D eigenvalue weighted by Crippen LogP contribution is 2.39. The number of nitrogens with zero attached hydrogens (tertiary/aromatic N) is 4. The van der Waals surface area contributed by atoms with Crippen molar-refractivity contribution in [2.75, 3.05) is 31.7 Å². The van der Waals surface area contributed by atoms with E-state index in [0.29, 0.717) is 6.54 Å². The second-order valence-electron chi connectivity index (χ2n) is 9.44. The van der Waals surface area contributed by atoms with Crippen LogP contribution >= 0.6 is 0 Å². The van der Waals surface area contributed by atoms with Gasteiger partial charge in [-0.2, -0.15) is 0 Å². The van der Waals surface area contributed by atoms with Gasteiger partial charge in [0, 0.05) is 38.2 Å². The van der Waals surface area contributed by atoms with Crippen molar-refractivity contribution in [3.05, 3.63) is 77.6 Å². The predicted octanol–water partition coefficient (Wildman–Crippen LogP) is 5.36. The van der Waals surface area contributed by atoms with Crippen LogP contribution in [0, 0.1) is 12.7 Å². The van der Waals surface area contributed by atoms with Crippen LogP contribution in [0.2, 0.25) is 0 Å². The summed E-state index contributed by atoms with van der Waals surface area (Å²) in [6.45, 7) is 5.31. The summed E-state index contributed by atoms with van der Waals surface area (Å²) in [6.07, 6.45) is 0.747. The number of rotatable bonds is 7. The molecule has 0 radical (unpaired) electrons. The molecule has 0 bridgehead atoms. The number of aliphatic hydroxyl groups is 1. The Kier molecular flexibility index (Phi) is 5.64. The van der Waals surface area contributed by atoms with Gasteiger partial charge in [-0.05, 0) is 60.9 Å². The number of imidazole rings is 1. The van der Waals surface area contributed by atoms with E-state index in [4.69, 9.17) is 9.72 Å². The summed E-state index contributed by atoms with van der Waals surface area (Å²) in [6, 6.07) is 19.4. The number of methoxy groups -OCH3 is 1. The molecule has 0 aliphatic carbocycles. The summed E-state index contributed by atoms with van der Waals surface area (Å²) in [5.74, 6) is 1.39. The smallest absolute Gasteiger partial charge is 0.158 e. The van der Waals surface area contributed by atoms with Crippen LogP contribution in [0.5, 0.6) is 5.75 Å². The first-order chi connectivity index (χ1) is 17.6. The van der Waals surface area contributed by atoms with Crippen molar-refractivity contribution in [2.45, 2.75) is 26.4 Å². The molecule has 1 aliphatic heterocycles. The Morgan fingerprint density at radius 3 is 2.64 bits per heavy atom. The van der Waals surface area contributed by atoms with E-state index >= 15 is 0 Å². The van der Waals surface area contributed by atoms with Crippen LogP contribution in [0.4, 0.5) is 10.1 Å². The maximum Gasteiger partial charge on any atom is 0.158 e. The highest BCUT2D eigenvalue weighted by Gasteiger charge is 2.25. The van der Waals surface area contributed by atoms with Gasteiger partial charge in [0.25, 0.3) is 0 Å². The van der Waals surface area contributed by atoms with Crippen LogP contribution in [0.1, 0.15) is 17.5 Å². The molecule has 3 aromatic carbocycles. The van der Waals surface area contributed by atoms with E-state index in [1.54, 1.807) is 7.11 Å². The molecule has 0 saturated carbocycles. The fraction of sp³-hybridized carbons (Fsp3) is 0.276. The van der Waals surface area contributed by atoms with E-state index in [1.165, 1.54) is 28.7 Å². The third-order valence-corrected chi connectivity index (χ3v) is 7.07. The van der Waals surface area contributed by atoms with E-state index in [9.17, 15) is 9.50 Å². The number of aromatic nitrogens is 3. The molecule has 1 N–H and O–H groups in total. The second-order valence-corrected chi connectivity index (χ2v) is 9.44. The number of ether oxygens (including phenoxy) is 1. The van der Waals surface area contributed by atoms with E-state index in [0.717, 1.165) is 65.5 Å². The van der Waals surface area contributed by atoms with Gasteiger partial charge in [0.1, 0.15) is 17.1 Å². The van der Waals surface area contributed by atoms with Gasteiger partial charge in [-0.1, -0.05) is 24.3 Å². The SMILES string of the molecule is COc1cc(C)cc2nc(-c3cc4cccc5c4n3CCN5CCCO)n(Cc3ccc(F)cc3)c12. The van der Waals surface area contributed by atoms with Crippen LogP contribution in [0.3, 0.4) is 0 Å². The lowest BCUT2D eigenvalue weighted by Gasteiger charge is -2.31. The Morgan fingerprint density at radius 2 is 1.86 bits per heavy atom. The van der Waals surface area contributed by atoms with Gasteiger partial charge in [-0.3, -0.25) is 0 Å². The number of fused-ring (bicyclic) bond motifs is 1. The number of benzene rings is 3. The largest absolute Gasteiger partial charge is 0.494 e. The maximum atomic E-state index is 13.6. The molecular formula is C29H29FN4O2. The van der Waals surface area contributed by atoms with Gasteiger partial charge < -0.3 is 23.9 Å². The standard InChI is InChI=1S/C29H29FN4O2/c1-19-15-23-28(26(16-19)36-2)34(18-20-7-9-22(30)10-8-20)29(31-23)25-17-21-5-3-6-24-27(21)33(25)13-12-32(24)11-4-14-35/h3,5-10,15-17,35H,4,11-14,18H2,1-2H3. The number of hydrogen-bond acceptors (Lipinski definition) is 4. The fourth-order valence-corrected chi connectivity index (χ4v) is 5.45. The molecule has 0 unspecified atom stereocenters. The van der Waals surface area contributed by atoms with E-state index in [1.807, 2.05) is 25.1 Å². The number of para-hydroxylation sites is 1. The monoisotopic (exact) mass is 484 g/mol. The van der Waals surface area contributed by atoms with E-state index in [-0.39, 0.29) is 12.4 Å². The van der Waals surface area contributed by atoms with Crippen molar-refractivity contribution in [1.29, 1.82) is 0 Å². The number of anilines is 1. The normalized spacial score (nSPS) is 13.2. The van der Waals surface area contributed by atoms with Gasteiger partial charge in [-0.25, -0.2) is 9.37 Å². The zero-order valence-corrected chi connectivity index (χ0v) is 20.5. The third-order valence-electron chi connectivity index (χ3n) is 7.07. The van der Waals surface area contributed by atoms with Crippen LogP contribution in [0.15, 0.2) is 60.7 Å². The van der Waals surface area contributed by atoms with Crippen LogP contribution in [-0.2, 0) is 13.1 Å². The average Bonchev–Trinajstić information content (AvgIpc) is 3.43. The first kappa shape index (κ1) is 22.6. The zero-order valence-electron chi connectivity index (χ0n) is 20.5. The average molecular weight is 485 g/mol. The summed E-state index contributed by atoms with van der Waals surface area (Å²) < 4.78 is 24.0. The number of aliphatic hydroxyl groups excluding tert-OH is 1. The number of hydrogen-bond donors (Lipinski definition) is 1. The minimum absolute atomic E-state index is 0.188. The minimum Gasteiger partial charge on any atom is -0.494 e. The zero-order chi connectivity index (χ0) is 24.8. The second kappa shape index (κ2) is 8.99. The first-order valence-corrected chi connectivity index (χ1v) is 12.3. The van der Waals surface area contributed by atoms with Crippen molar-refractivity contribution in [3.63, 3.8) is 0 Å². The Balaban J connectivity index is 1.58. The molecule has 0 spiro atoms. The predicted molar refractivity (Wildman–Crippen MR) is 141 cm³/mol. The van der Waals surface area contributed by atoms with Gasteiger partial charge in [0.2, 0.25) is 0 Å². The molecule has 7 heteroatoms. The highest BCUT2D eigenvalue weighted by molar-refractivity contribution is 5.97. The van der Waals surface area contributed by atoms with E-state index in [2.05, 4.69) is 44.4 Å². The molecule has 6 rings (SSSR count). The molecular weight excluding hydrogens is 455 g/mol. The molecule has 0 atom stereocenters. The molecule has 5 aromatic rings. The Morgan fingerprint density at radius 1 is 1.03 bits per heavy atom.